The van der Waals surface area contributed by atoms with Crippen LogP contribution in [0.15, 0.2) is 48.7 Å². The van der Waals surface area contributed by atoms with Crippen molar-refractivity contribution in [2.75, 3.05) is 36.5 Å². The number of alkyl halides is 3. The summed E-state index contributed by atoms with van der Waals surface area (Å²) in [7, 11) is 0. The van der Waals surface area contributed by atoms with Crippen molar-refractivity contribution in [2.45, 2.75) is 20.0 Å². The van der Waals surface area contributed by atoms with Gasteiger partial charge in [0, 0.05) is 30.0 Å². The molecule has 0 saturated carbocycles. The second-order valence-corrected chi connectivity index (χ2v) is 8.55. The van der Waals surface area contributed by atoms with Crippen LogP contribution in [-0.2, 0) is 10.9 Å². The van der Waals surface area contributed by atoms with E-state index in [0.717, 1.165) is 29.8 Å². The normalized spacial score (nSPS) is 14.2. The Morgan fingerprint density at radius 1 is 0.946 bits per heavy atom. The summed E-state index contributed by atoms with van der Waals surface area (Å²) >= 11 is 0. The van der Waals surface area contributed by atoms with Gasteiger partial charge in [0.2, 0.25) is 5.95 Å². The lowest BCUT2D eigenvalue weighted by Crippen LogP contribution is -2.36. The van der Waals surface area contributed by atoms with Gasteiger partial charge in [-0.1, -0.05) is 0 Å². The van der Waals surface area contributed by atoms with Crippen molar-refractivity contribution >= 4 is 17.3 Å². The molecule has 1 aliphatic rings. The van der Waals surface area contributed by atoms with Gasteiger partial charge in [-0.15, -0.1) is 0 Å². The molecular weight excluding hydrogens is 490 g/mol. The number of hydrogen-bond donors (Lipinski definition) is 1. The minimum absolute atomic E-state index is 0.00615. The lowest BCUT2D eigenvalue weighted by molar-refractivity contribution is -0.137. The minimum atomic E-state index is -4.61. The molecule has 1 aliphatic heterocycles. The van der Waals surface area contributed by atoms with Crippen LogP contribution in [-0.4, -0.2) is 51.0 Å². The molecule has 0 spiro atoms. The third-order valence-electron chi connectivity index (χ3n) is 5.88. The summed E-state index contributed by atoms with van der Waals surface area (Å²) in [5, 5.41) is 7.32. The van der Waals surface area contributed by atoms with Gasteiger partial charge in [-0.2, -0.15) is 18.3 Å². The van der Waals surface area contributed by atoms with Crippen molar-refractivity contribution in [1.29, 1.82) is 0 Å². The highest BCUT2D eigenvalue weighted by molar-refractivity contribution is 5.69. The molecule has 0 bridgehead atoms. The molecule has 2 aromatic heterocycles. The van der Waals surface area contributed by atoms with Gasteiger partial charge in [0.25, 0.3) is 0 Å². The number of halogens is 4. The summed E-state index contributed by atoms with van der Waals surface area (Å²) in [6.07, 6.45) is -3.67. The molecule has 0 atom stereocenters. The maximum absolute atomic E-state index is 14.8. The van der Waals surface area contributed by atoms with E-state index < -0.39 is 17.6 Å². The van der Waals surface area contributed by atoms with Crippen molar-refractivity contribution in [3.05, 3.63) is 71.7 Å². The van der Waals surface area contributed by atoms with E-state index in [1.807, 2.05) is 19.1 Å². The summed E-state index contributed by atoms with van der Waals surface area (Å²) in [6, 6.07) is 10.6. The van der Waals surface area contributed by atoms with Crippen LogP contribution in [0.1, 0.15) is 17.2 Å². The number of ether oxygens (including phenoxy) is 1. The second-order valence-electron chi connectivity index (χ2n) is 8.55. The zero-order valence-electron chi connectivity index (χ0n) is 20.1. The van der Waals surface area contributed by atoms with Gasteiger partial charge in [0.05, 0.1) is 30.7 Å². The van der Waals surface area contributed by atoms with Crippen molar-refractivity contribution < 1.29 is 22.3 Å². The van der Waals surface area contributed by atoms with Crippen LogP contribution >= 0.6 is 0 Å². The van der Waals surface area contributed by atoms with Crippen molar-refractivity contribution in [2.24, 2.45) is 0 Å². The van der Waals surface area contributed by atoms with Gasteiger partial charge in [0.15, 0.2) is 5.82 Å². The van der Waals surface area contributed by atoms with Crippen LogP contribution in [0.4, 0.5) is 34.9 Å². The fourth-order valence-electron chi connectivity index (χ4n) is 4.13. The van der Waals surface area contributed by atoms with Crippen LogP contribution in [0.3, 0.4) is 0 Å². The van der Waals surface area contributed by atoms with E-state index in [-0.39, 0.29) is 17.2 Å². The minimum Gasteiger partial charge on any atom is -0.378 e. The molecule has 1 saturated heterocycles. The maximum atomic E-state index is 14.8. The number of aryl methyl sites for hydroxylation is 2. The molecule has 37 heavy (non-hydrogen) atoms. The molecule has 4 aromatic rings. The number of nitrogens with one attached hydrogen (secondary N) is 1. The zero-order chi connectivity index (χ0) is 26.2. The highest BCUT2D eigenvalue weighted by atomic mass is 19.4. The Bertz CT molecular complexity index is 1410. The van der Waals surface area contributed by atoms with Crippen LogP contribution in [0.25, 0.3) is 16.9 Å². The highest BCUT2D eigenvalue weighted by Gasteiger charge is 2.32. The number of aromatic nitrogens is 5. The zero-order valence-corrected chi connectivity index (χ0v) is 20.1. The SMILES string of the molecule is Cc1nc(C)n(-c2ccc(Nc3ncc(F)c(-c4cc(N5CCOCC5)cc(C(F)(F)F)c4)n3)cc2)n1. The average molecular weight is 513 g/mol. The molecule has 192 valence electrons. The first-order chi connectivity index (χ1) is 17.7. The van der Waals surface area contributed by atoms with Crippen molar-refractivity contribution in [3.63, 3.8) is 0 Å². The summed E-state index contributed by atoms with van der Waals surface area (Å²) in [5.74, 6) is 0.605. The number of morpholine rings is 1. The fraction of sp³-hybridized carbons (Fsp3) is 0.280. The molecule has 0 amide bonds. The molecule has 0 aliphatic carbocycles. The molecule has 1 N–H and O–H groups in total. The van der Waals surface area contributed by atoms with Crippen LogP contribution in [0, 0.1) is 19.7 Å². The lowest BCUT2D eigenvalue weighted by atomic mass is 10.0. The molecule has 3 heterocycles. The molecule has 0 radical (unpaired) electrons. The maximum Gasteiger partial charge on any atom is 0.416 e. The Kier molecular flexibility index (Phi) is 6.50. The average Bonchev–Trinajstić information content (AvgIpc) is 3.23. The van der Waals surface area contributed by atoms with E-state index in [0.29, 0.717) is 43.5 Å². The van der Waals surface area contributed by atoms with Gasteiger partial charge in [-0.3, -0.25) is 0 Å². The number of anilines is 3. The monoisotopic (exact) mass is 513 g/mol. The van der Waals surface area contributed by atoms with Gasteiger partial charge in [-0.25, -0.2) is 24.0 Å². The van der Waals surface area contributed by atoms with Gasteiger partial charge < -0.3 is 15.0 Å². The number of rotatable bonds is 5. The van der Waals surface area contributed by atoms with Crippen LogP contribution in [0.2, 0.25) is 0 Å². The van der Waals surface area contributed by atoms with E-state index in [1.165, 1.54) is 6.07 Å². The molecule has 5 rings (SSSR count). The van der Waals surface area contributed by atoms with Crippen LogP contribution in [0.5, 0.6) is 0 Å². The van der Waals surface area contributed by atoms with Crippen molar-refractivity contribution in [3.8, 4) is 16.9 Å². The fourth-order valence-corrected chi connectivity index (χ4v) is 4.13. The Labute approximate surface area is 210 Å². The van der Waals surface area contributed by atoms with Gasteiger partial charge in [0.1, 0.15) is 17.3 Å². The molecule has 0 unspecified atom stereocenters. The first kappa shape index (κ1) is 24.6. The topological polar surface area (TPSA) is 81.0 Å². The molecule has 2 aromatic carbocycles. The smallest absolute Gasteiger partial charge is 0.378 e. The summed E-state index contributed by atoms with van der Waals surface area (Å²) in [5.41, 5.74) is 0.621. The largest absolute Gasteiger partial charge is 0.416 e. The van der Waals surface area contributed by atoms with Gasteiger partial charge in [-0.05, 0) is 56.3 Å². The quantitative estimate of drug-likeness (QED) is 0.373. The van der Waals surface area contributed by atoms with Crippen LogP contribution < -0.4 is 10.2 Å². The number of benzene rings is 2. The molecule has 12 heteroatoms. The second kappa shape index (κ2) is 9.77. The van der Waals surface area contributed by atoms with E-state index in [1.54, 1.807) is 28.6 Å². The Morgan fingerprint density at radius 2 is 1.68 bits per heavy atom. The summed E-state index contributed by atoms with van der Waals surface area (Å²) in [6.45, 7) is 5.31. The predicted octanol–water partition coefficient (Wildman–Crippen LogP) is 5.08. The Hall–Kier alpha value is -4.06. The van der Waals surface area contributed by atoms with E-state index >= 15 is 0 Å². The van der Waals surface area contributed by atoms with Crippen molar-refractivity contribution in [1.82, 2.24) is 24.7 Å². The van der Waals surface area contributed by atoms with E-state index in [9.17, 15) is 17.6 Å². The van der Waals surface area contributed by atoms with E-state index in [4.69, 9.17) is 4.74 Å². The predicted molar refractivity (Wildman–Crippen MR) is 130 cm³/mol. The first-order valence-electron chi connectivity index (χ1n) is 11.5. The third-order valence-corrected chi connectivity index (χ3v) is 5.88. The first-order valence-corrected chi connectivity index (χ1v) is 11.5. The number of nitrogens with zero attached hydrogens (tertiary/aromatic N) is 6. The summed E-state index contributed by atoms with van der Waals surface area (Å²) in [4.78, 5) is 14.2. The highest BCUT2D eigenvalue weighted by Crippen LogP contribution is 2.36. The summed E-state index contributed by atoms with van der Waals surface area (Å²) < 4.78 is 62.9. The molecule has 8 nitrogen and oxygen atoms in total. The Balaban J connectivity index is 1.45. The standard InChI is InChI=1S/C25H23F4N7O/c1-15-31-16(2)36(34-15)20-5-3-19(4-6-20)32-24-30-14-22(26)23(33-24)17-11-18(25(27,28)29)13-21(12-17)35-7-9-37-10-8-35/h3-6,11-14H,7-10H2,1-2H3,(H,30,32,33). The lowest BCUT2D eigenvalue weighted by Gasteiger charge is -2.29. The third kappa shape index (κ3) is 5.38. The molecular formula is C25H23F4N7O. The van der Waals surface area contributed by atoms with Gasteiger partial charge >= 0.3 is 6.18 Å². The van der Waals surface area contributed by atoms with E-state index in [2.05, 4.69) is 25.4 Å². The molecule has 1 fully saturated rings. The Morgan fingerprint density at radius 3 is 2.32 bits per heavy atom. The number of hydrogen-bond acceptors (Lipinski definition) is 7.